The van der Waals surface area contributed by atoms with Gasteiger partial charge in [-0.1, -0.05) is 19.8 Å². The van der Waals surface area contributed by atoms with Crippen molar-refractivity contribution in [1.82, 2.24) is 10.3 Å². The first-order valence-corrected chi connectivity index (χ1v) is 7.46. The predicted molar refractivity (Wildman–Crippen MR) is 77.4 cm³/mol. The zero-order chi connectivity index (χ0) is 17.0. The number of halogens is 3. The molecule has 5 nitrogen and oxygen atoms in total. The van der Waals surface area contributed by atoms with E-state index in [4.69, 9.17) is 0 Å². The van der Waals surface area contributed by atoms with Crippen LogP contribution >= 0.6 is 0 Å². The van der Waals surface area contributed by atoms with Gasteiger partial charge >= 0.3 is 18.0 Å². The van der Waals surface area contributed by atoms with Crippen LogP contribution in [0.15, 0.2) is 18.3 Å². The van der Waals surface area contributed by atoms with Crippen molar-refractivity contribution in [1.29, 1.82) is 0 Å². The van der Waals surface area contributed by atoms with Crippen molar-refractivity contribution in [2.24, 2.45) is 5.92 Å². The van der Waals surface area contributed by atoms with E-state index < -0.39 is 23.7 Å². The van der Waals surface area contributed by atoms with E-state index in [1.807, 2.05) is 6.92 Å². The molecule has 2 N–H and O–H groups in total. The molecule has 0 aromatic carbocycles. The lowest BCUT2D eigenvalue weighted by Gasteiger charge is -2.19. The van der Waals surface area contributed by atoms with Crippen molar-refractivity contribution >= 4 is 17.5 Å². The normalized spacial score (nSPS) is 21.0. The summed E-state index contributed by atoms with van der Waals surface area (Å²) in [6, 6.07) is 1.78. The molecule has 2 rings (SSSR count). The fourth-order valence-electron chi connectivity index (χ4n) is 2.77. The molecular weight excluding hydrogens is 311 g/mol. The van der Waals surface area contributed by atoms with Crippen LogP contribution in [-0.4, -0.2) is 22.8 Å². The summed E-state index contributed by atoms with van der Waals surface area (Å²) >= 11 is 0. The molecule has 1 heterocycles. The number of aromatic nitrogens is 1. The van der Waals surface area contributed by atoms with Crippen LogP contribution in [-0.2, 0) is 15.8 Å². The van der Waals surface area contributed by atoms with Crippen molar-refractivity contribution in [2.45, 2.75) is 44.8 Å². The van der Waals surface area contributed by atoms with Crippen LogP contribution in [0.25, 0.3) is 0 Å². The number of carbonyl (C=O) groups is 2. The van der Waals surface area contributed by atoms with Gasteiger partial charge in [0.2, 0.25) is 0 Å². The summed E-state index contributed by atoms with van der Waals surface area (Å²) in [7, 11) is 0. The average molecular weight is 329 g/mol. The van der Waals surface area contributed by atoms with E-state index in [2.05, 4.69) is 15.6 Å². The summed E-state index contributed by atoms with van der Waals surface area (Å²) in [6.45, 7) is 2.03. The number of rotatable bonds is 3. The summed E-state index contributed by atoms with van der Waals surface area (Å²) in [5.41, 5.74) is -1.02. The Hall–Kier alpha value is -2.12. The summed E-state index contributed by atoms with van der Waals surface area (Å²) in [6.07, 6.45) is 0.116. The smallest absolute Gasteiger partial charge is 0.345 e. The van der Waals surface area contributed by atoms with Gasteiger partial charge in [0, 0.05) is 6.04 Å². The minimum Gasteiger partial charge on any atom is -0.345 e. The summed E-state index contributed by atoms with van der Waals surface area (Å²) in [5, 5.41) is 4.93. The van der Waals surface area contributed by atoms with Gasteiger partial charge in [-0.15, -0.1) is 0 Å². The maximum atomic E-state index is 12.4. The fourth-order valence-corrected chi connectivity index (χ4v) is 2.77. The second-order valence-corrected chi connectivity index (χ2v) is 5.56. The molecule has 1 fully saturated rings. The highest BCUT2D eigenvalue weighted by atomic mass is 19.4. The van der Waals surface area contributed by atoms with Crippen LogP contribution < -0.4 is 10.6 Å². The SMILES string of the molecule is CC[C@H]1CCC[C@@H]1NC(=O)C(=O)Nc1ccc(C(F)(F)F)nc1. The van der Waals surface area contributed by atoms with Crippen molar-refractivity contribution < 1.29 is 22.8 Å². The maximum Gasteiger partial charge on any atom is 0.433 e. The quantitative estimate of drug-likeness (QED) is 0.838. The number of amides is 2. The zero-order valence-electron chi connectivity index (χ0n) is 12.6. The largest absolute Gasteiger partial charge is 0.433 e. The van der Waals surface area contributed by atoms with Gasteiger partial charge in [0.1, 0.15) is 5.69 Å². The van der Waals surface area contributed by atoms with Gasteiger partial charge in [-0.3, -0.25) is 9.59 Å². The Labute approximate surface area is 131 Å². The van der Waals surface area contributed by atoms with Crippen molar-refractivity contribution in [2.75, 3.05) is 5.32 Å². The third kappa shape index (κ3) is 4.43. The van der Waals surface area contributed by atoms with Gasteiger partial charge in [0.15, 0.2) is 0 Å². The van der Waals surface area contributed by atoms with E-state index in [1.54, 1.807) is 0 Å². The number of pyridine rings is 1. The monoisotopic (exact) mass is 329 g/mol. The van der Waals surface area contributed by atoms with Gasteiger partial charge < -0.3 is 10.6 Å². The first kappa shape index (κ1) is 17.2. The molecule has 0 spiro atoms. The van der Waals surface area contributed by atoms with Crippen molar-refractivity contribution in [3.05, 3.63) is 24.0 Å². The molecule has 0 unspecified atom stereocenters. The number of hydrogen-bond acceptors (Lipinski definition) is 3. The third-order valence-corrected chi connectivity index (χ3v) is 4.02. The number of alkyl halides is 3. The van der Waals surface area contributed by atoms with Crippen molar-refractivity contribution in [3.63, 3.8) is 0 Å². The molecule has 2 atom stereocenters. The van der Waals surface area contributed by atoms with E-state index in [9.17, 15) is 22.8 Å². The molecule has 23 heavy (non-hydrogen) atoms. The third-order valence-electron chi connectivity index (χ3n) is 4.02. The van der Waals surface area contributed by atoms with E-state index in [0.29, 0.717) is 5.92 Å². The summed E-state index contributed by atoms with van der Waals surface area (Å²) in [5.74, 6) is -1.33. The Morgan fingerprint density at radius 1 is 1.26 bits per heavy atom. The van der Waals surface area contributed by atoms with Crippen LogP contribution in [0.1, 0.15) is 38.3 Å². The molecular formula is C15H18F3N3O2. The van der Waals surface area contributed by atoms with E-state index >= 15 is 0 Å². The van der Waals surface area contributed by atoms with E-state index in [-0.39, 0.29) is 11.7 Å². The number of nitrogens with one attached hydrogen (secondary N) is 2. The Kier molecular flexibility index (Phi) is 5.23. The van der Waals surface area contributed by atoms with Gasteiger partial charge in [-0.25, -0.2) is 4.98 Å². The second kappa shape index (κ2) is 6.97. The summed E-state index contributed by atoms with van der Waals surface area (Å²) in [4.78, 5) is 26.9. The van der Waals surface area contributed by atoms with Crippen LogP contribution in [0.4, 0.5) is 18.9 Å². The highest BCUT2D eigenvalue weighted by Gasteiger charge is 2.32. The number of hydrogen-bond donors (Lipinski definition) is 2. The molecule has 2 amide bonds. The topological polar surface area (TPSA) is 71.1 Å². The Bertz CT molecular complexity index is 572. The molecule has 0 aliphatic heterocycles. The number of anilines is 1. The molecule has 1 saturated carbocycles. The van der Waals surface area contributed by atoms with Gasteiger partial charge in [0.05, 0.1) is 11.9 Å². The van der Waals surface area contributed by atoms with Gasteiger partial charge in [0.25, 0.3) is 0 Å². The van der Waals surface area contributed by atoms with Crippen molar-refractivity contribution in [3.8, 4) is 0 Å². The minimum absolute atomic E-state index is 0.0241. The molecule has 1 aromatic heterocycles. The van der Waals surface area contributed by atoms with E-state index in [0.717, 1.165) is 44.0 Å². The Balaban J connectivity index is 1.92. The molecule has 126 valence electrons. The standard InChI is InChI=1S/C15H18F3N3O2/c1-2-9-4-3-5-11(9)21-14(23)13(22)20-10-6-7-12(19-8-10)15(16,17)18/h6-9,11H,2-5H2,1H3,(H,20,22)(H,21,23)/t9-,11-/m0/s1. The molecule has 0 radical (unpaired) electrons. The molecule has 8 heteroatoms. The van der Waals surface area contributed by atoms with Crippen LogP contribution in [0, 0.1) is 5.92 Å². The highest BCUT2D eigenvalue weighted by Crippen LogP contribution is 2.28. The van der Waals surface area contributed by atoms with Crippen LogP contribution in [0.2, 0.25) is 0 Å². The Morgan fingerprint density at radius 2 is 2.00 bits per heavy atom. The van der Waals surface area contributed by atoms with E-state index in [1.165, 1.54) is 0 Å². The molecule has 0 bridgehead atoms. The lowest BCUT2D eigenvalue weighted by Crippen LogP contribution is -2.43. The Morgan fingerprint density at radius 3 is 2.57 bits per heavy atom. The summed E-state index contributed by atoms with van der Waals surface area (Å²) < 4.78 is 37.2. The van der Waals surface area contributed by atoms with Gasteiger partial charge in [-0.2, -0.15) is 13.2 Å². The predicted octanol–water partition coefficient (Wildman–Crippen LogP) is 2.73. The second-order valence-electron chi connectivity index (χ2n) is 5.56. The number of carbonyl (C=O) groups excluding carboxylic acids is 2. The lowest BCUT2D eigenvalue weighted by molar-refractivity contribution is -0.141. The highest BCUT2D eigenvalue weighted by molar-refractivity contribution is 6.39. The molecule has 0 saturated heterocycles. The fraction of sp³-hybridized carbons (Fsp3) is 0.533. The molecule has 1 aromatic rings. The zero-order valence-corrected chi connectivity index (χ0v) is 12.6. The first-order chi connectivity index (χ1) is 10.8. The first-order valence-electron chi connectivity index (χ1n) is 7.46. The van der Waals surface area contributed by atoms with Crippen LogP contribution in [0.5, 0.6) is 0 Å². The molecule has 1 aliphatic carbocycles. The number of nitrogens with zero attached hydrogens (tertiary/aromatic N) is 1. The lowest BCUT2D eigenvalue weighted by atomic mass is 10.0. The minimum atomic E-state index is -4.54. The van der Waals surface area contributed by atoms with Crippen LogP contribution in [0.3, 0.4) is 0 Å². The molecule has 1 aliphatic rings. The van der Waals surface area contributed by atoms with Gasteiger partial charge in [-0.05, 0) is 30.9 Å². The average Bonchev–Trinajstić information content (AvgIpc) is 2.94. The maximum absolute atomic E-state index is 12.4.